The summed E-state index contributed by atoms with van der Waals surface area (Å²) in [6, 6.07) is 12.0. The lowest BCUT2D eigenvalue weighted by Crippen LogP contribution is -2.54. The van der Waals surface area contributed by atoms with Gasteiger partial charge in [0.05, 0.1) is 11.4 Å². The van der Waals surface area contributed by atoms with Crippen molar-refractivity contribution in [2.45, 2.75) is 77.9 Å². The van der Waals surface area contributed by atoms with Crippen molar-refractivity contribution < 1.29 is 27.5 Å². The predicted molar refractivity (Wildman–Crippen MR) is 155 cm³/mol. The Morgan fingerprint density at radius 1 is 0.975 bits per heavy atom. The number of hydrogen-bond acceptors (Lipinski definition) is 6. The molecule has 1 saturated carbocycles. The Hall–Kier alpha value is -3.27. The van der Waals surface area contributed by atoms with Crippen molar-refractivity contribution in [1.82, 2.24) is 10.2 Å². The number of amides is 2. The normalized spacial score (nSPS) is 16.2. The number of carbonyl (C=O) groups is 2. The van der Waals surface area contributed by atoms with Crippen molar-refractivity contribution in [2.75, 3.05) is 29.8 Å². The van der Waals surface area contributed by atoms with Crippen molar-refractivity contribution in [3.8, 4) is 11.5 Å². The largest absolute Gasteiger partial charge is 0.486 e. The maximum Gasteiger partial charge on any atom is 0.244 e. The van der Waals surface area contributed by atoms with Crippen LogP contribution in [0.1, 0.15) is 63.5 Å². The quantitative estimate of drug-likeness (QED) is 0.434. The molecule has 0 radical (unpaired) electrons. The molecule has 0 aromatic heterocycles. The van der Waals surface area contributed by atoms with Crippen LogP contribution in [0.4, 0.5) is 5.69 Å². The van der Waals surface area contributed by atoms with E-state index in [9.17, 15) is 18.0 Å². The second-order valence-corrected chi connectivity index (χ2v) is 12.7. The van der Waals surface area contributed by atoms with Gasteiger partial charge in [0.1, 0.15) is 25.8 Å². The fourth-order valence-corrected chi connectivity index (χ4v) is 6.31. The van der Waals surface area contributed by atoms with Gasteiger partial charge in [-0.05, 0) is 50.8 Å². The van der Waals surface area contributed by atoms with Crippen LogP contribution in [0.25, 0.3) is 0 Å². The molecular weight excluding hydrogens is 530 g/mol. The first-order chi connectivity index (χ1) is 19.2. The molecule has 40 heavy (non-hydrogen) atoms. The highest BCUT2D eigenvalue weighted by molar-refractivity contribution is 7.92. The third-order valence-electron chi connectivity index (χ3n) is 7.60. The maximum absolute atomic E-state index is 14.0. The van der Waals surface area contributed by atoms with Crippen molar-refractivity contribution in [1.29, 1.82) is 0 Å². The number of sulfonamides is 1. The van der Waals surface area contributed by atoms with Crippen LogP contribution in [-0.2, 0) is 26.2 Å². The highest BCUT2D eigenvalue weighted by Crippen LogP contribution is 2.35. The number of benzene rings is 2. The van der Waals surface area contributed by atoms with E-state index < -0.39 is 28.5 Å². The van der Waals surface area contributed by atoms with Crippen LogP contribution in [0.2, 0.25) is 0 Å². The van der Waals surface area contributed by atoms with Crippen molar-refractivity contribution in [2.24, 2.45) is 0 Å². The summed E-state index contributed by atoms with van der Waals surface area (Å²) in [6.45, 7) is 5.93. The number of nitrogens with zero attached hydrogens (tertiary/aromatic N) is 2. The third-order valence-corrected chi connectivity index (χ3v) is 9.35. The van der Waals surface area contributed by atoms with Crippen molar-refractivity contribution in [3.05, 3.63) is 53.6 Å². The van der Waals surface area contributed by atoms with E-state index in [2.05, 4.69) is 5.32 Å². The molecular formula is C30H41N3O6S. The Balaban J connectivity index is 1.64. The molecule has 10 heteroatoms. The molecule has 1 fully saturated rings. The number of anilines is 1. The van der Waals surface area contributed by atoms with E-state index in [0.29, 0.717) is 36.8 Å². The number of aryl methyl sites for hydroxylation is 1. The van der Waals surface area contributed by atoms with E-state index in [-0.39, 0.29) is 24.2 Å². The first-order valence-electron chi connectivity index (χ1n) is 14.3. The standard InChI is InChI=1S/C30H41N3O6S/c1-4-26(30(35)31-24-9-7-6-8-10-24)32(20-23-13-11-22(3)12-14-23)29(34)21-33(40(36,37)5-2)25-15-16-27-28(19-25)39-18-17-38-27/h11-16,19,24,26H,4-10,17-18,20-21H2,1-3H3,(H,31,35)/t26-/m1/s1. The van der Waals surface area contributed by atoms with E-state index in [1.807, 2.05) is 38.1 Å². The van der Waals surface area contributed by atoms with Gasteiger partial charge in [0.25, 0.3) is 0 Å². The Kier molecular flexibility index (Phi) is 9.95. The zero-order chi connectivity index (χ0) is 28.7. The van der Waals surface area contributed by atoms with Crippen LogP contribution >= 0.6 is 0 Å². The molecule has 4 rings (SSSR count). The van der Waals surface area contributed by atoms with Gasteiger partial charge >= 0.3 is 0 Å². The Morgan fingerprint density at radius 2 is 1.65 bits per heavy atom. The third kappa shape index (κ3) is 7.27. The predicted octanol–water partition coefficient (Wildman–Crippen LogP) is 4.18. The summed E-state index contributed by atoms with van der Waals surface area (Å²) in [7, 11) is -3.83. The maximum atomic E-state index is 14.0. The van der Waals surface area contributed by atoms with E-state index in [0.717, 1.165) is 41.1 Å². The molecule has 2 amide bonds. The number of hydrogen-bond donors (Lipinski definition) is 1. The minimum absolute atomic E-state index is 0.0984. The summed E-state index contributed by atoms with van der Waals surface area (Å²) in [5.74, 6) is 0.132. The van der Waals surface area contributed by atoms with Gasteiger partial charge in [-0.1, -0.05) is 56.0 Å². The van der Waals surface area contributed by atoms with E-state index in [1.54, 1.807) is 25.1 Å². The van der Waals surface area contributed by atoms with Gasteiger partial charge in [0.15, 0.2) is 11.5 Å². The second kappa shape index (κ2) is 13.4. The molecule has 1 heterocycles. The van der Waals surface area contributed by atoms with Gasteiger partial charge in [0.2, 0.25) is 21.8 Å². The number of ether oxygens (including phenoxy) is 2. The zero-order valence-electron chi connectivity index (χ0n) is 23.7. The van der Waals surface area contributed by atoms with Crippen LogP contribution in [0.15, 0.2) is 42.5 Å². The fourth-order valence-electron chi connectivity index (χ4n) is 5.26. The summed E-state index contributed by atoms with van der Waals surface area (Å²) < 4.78 is 38.9. The highest BCUT2D eigenvalue weighted by Gasteiger charge is 2.33. The number of rotatable bonds is 11. The number of fused-ring (bicyclic) bond motifs is 1. The first-order valence-corrected chi connectivity index (χ1v) is 15.9. The minimum Gasteiger partial charge on any atom is -0.486 e. The van der Waals surface area contributed by atoms with Gasteiger partial charge in [-0.3, -0.25) is 13.9 Å². The number of nitrogens with one attached hydrogen (secondary N) is 1. The van der Waals surface area contributed by atoms with Gasteiger partial charge in [-0.25, -0.2) is 8.42 Å². The van der Waals surface area contributed by atoms with Crippen molar-refractivity contribution >= 4 is 27.5 Å². The fraction of sp³-hybridized carbons (Fsp3) is 0.533. The molecule has 2 aromatic carbocycles. The Labute approximate surface area is 237 Å². The van der Waals surface area contributed by atoms with Crippen LogP contribution in [0.5, 0.6) is 11.5 Å². The molecule has 1 atom stereocenters. The lowest BCUT2D eigenvalue weighted by atomic mass is 9.95. The summed E-state index contributed by atoms with van der Waals surface area (Å²) >= 11 is 0. The SMILES string of the molecule is CC[C@H](C(=O)NC1CCCCC1)N(Cc1ccc(C)cc1)C(=O)CN(c1ccc2c(c1)OCCO2)S(=O)(=O)CC. The van der Waals surface area contributed by atoms with Gasteiger partial charge < -0.3 is 19.7 Å². The zero-order valence-corrected chi connectivity index (χ0v) is 24.5. The van der Waals surface area contributed by atoms with Gasteiger partial charge in [-0.15, -0.1) is 0 Å². The van der Waals surface area contributed by atoms with Crippen LogP contribution in [0, 0.1) is 6.92 Å². The van der Waals surface area contributed by atoms with E-state index in [1.165, 1.54) is 11.3 Å². The molecule has 9 nitrogen and oxygen atoms in total. The topological polar surface area (TPSA) is 105 Å². The number of carbonyl (C=O) groups excluding carboxylic acids is 2. The van der Waals surface area contributed by atoms with E-state index in [4.69, 9.17) is 9.47 Å². The molecule has 2 aliphatic rings. The molecule has 1 N–H and O–H groups in total. The van der Waals surface area contributed by atoms with Gasteiger partial charge in [0, 0.05) is 18.7 Å². The second-order valence-electron chi connectivity index (χ2n) is 10.5. The summed E-state index contributed by atoms with van der Waals surface area (Å²) in [6.07, 6.45) is 5.59. The average molecular weight is 572 g/mol. The monoisotopic (exact) mass is 571 g/mol. The lowest BCUT2D eigenvalue weighted by molar-refractivity contribution is -0.140. The summed E-state index contributed by atoms with van der Waals surface area (Å²) in [4.78, 5) is 29.1. The molecule has 0 spiro atoms. The summed E-state index contributed by atoms with van der Waals surface area (Å²) in [5.41, 5.74) is 2.27. The molecule has 0 saturated heterocycles. The molecule has 0 bridgehead atoms. The van der Waals surface area contributed by atoms with Crippen LogP contribution in [-0.4, -0.2) is 62.7 Å². The summed E-state index contributed by atoms with van der Waals surface area (Å²) in [5, 5.41) is 3.17. The molecule has 2 aromatic rings. The highest BCUT2D eigenvalue weighted by atomic mass is 32.2. The minimum atomic E-state index is -3.83. The lowest BCUT2D eigenvalue weighted by Gasteiger charge is -2.34. The molecule has 0 unspecified atom stereocenters. The smallest absolute Gasteiger partial charge is 0.244 e. The van der Waals surface area contributed by atoms with E-state index >= 15 is 0 Å². The average Bonchev–Trinajstić information content (AvgIpc) is 2.97. The Bertz CT molecular complexity index is 1270. The first kappa shape index (κ1) is 29.7. The molecule has 1 aliphatic heterocycles. The van der Waals surface area contributed by atoms with Gasteiger partial charge in [-0.2, -0.15) is 0 Å². The molecule has 1 aliphatic carbocycles. The van der Waals surface area contributed by atoms with Crippen molar-refractivity contribution in [3.63, 3.8) is 0 Å². The molecule has 218 valence electrons. The Morgan fingerprint density at radius 3 is 2.30 bits per heavy atom. The van der Waals surface area contributed by atoms with Crippen LogP contribution in [0.3, 0.4) is 0 Å². The van der Waals surface area contributed by atoms with Crippen LogP contribution < -0.4 is 19.1 Å².